The molecule has 0 aliphatic rings. The Kier molecular flexibility index (Phi) is 5.51. The summed E-state index contributed by atoms with van der Waals surface area (Å²) in [5.41, 5.74) is 0.0219. The van der Waals surface area contributed by atoms with Gasteiger partial charge in [-0.3, -0.25) is 0 Å². The summed E-state index contributed by atoms with van der Waals surface area (Å²) in [7, 11) is 1.53. The van der Waals surface area contributed by atoms with Crippen molar-refractivity contribution in [2.24, 2.45) is 0 Å². The highest BCUT2D eigenvalue weighted by atomic mass is 16.6. The van der Waals surface area contributed by atoms with Crippen LogP contribution >= 0.6 is 0 Å². The third-order valence-corrected chi connectivity index (χ3v) is 3.61. The highest BCUT2D eigenvalue weighted by Crippen LogP contribution is 2.29. The molecule has 0 aromatic heterocycles. The van der Waals surface area contributed by atoms with E-state index in [1.165, 1.54) is 7.11 Å². The molecule has 0 radical (unpaired) electrons. The molecule has 0 heterocycles. The molecule has 2 aromatic rings. The maximum atomic E-state index is 12.0. The molecule has 0 fully saturated rings. The molecule has 0 aliphatic carbocycles. The number of carbonyl (C=O) groups excluding carboxylic acids is 1. The summed E-state index contributed by atoms with van der Waals surface area (Å²) >= 11 is 0. The number of hydrogen-bond donors (Lipinski definition) is 2. The van der Waals surface area contributed by atoms with E-state index in [-0.39, 0.29) is 6.42 Å². The maximum Gasteiger partial charge on any atom is 0.408 e. The number of nitrogens with one attached hydrogen (secondary N) is 1. The van der Waals surface area contributed by atoms with E-state index in [0.717, 1.165) is 16.3 Å². The van der Waals surface area contributed by atoms with Gasteiger partial charge in [-0.2, -0.15) is 0 Å². The Morgan fingerprint density at radius 1 is 1.16 bits per heavy atom. The molecule has 6 nitrogen and oxygen atoms in total. The Morgan fingerprint density at radius 2 is 1.84 bits per heavy atom. The minimum atomic E-state index is -1.14. The molecule has 0 aliphatic heterocycles. The molecule has 2 aromatic carbocycles. The lowest BCUT2D eigenvalue weighted by atomic mass is 9.97. The minimum absolute atomic E-state index is 0.0824. The van der Waals surface area contributed by atoms with Crippen molar-refractivity contribution in [1.29, 1.82) is 0 Å². The van der Waals surface area contributed by atoms with Gasteiger partial charge in [0, 0.05) is 12.0 Å². The summed E-state index contributed by atoms with van der Waals surface area (Å²) < 4.78 is 10.5. The lowest BCUT2D eigenvalue weighted by molar-refractivity contribution is -0.139. The van der Waals surface area contributed by atoms with Crippen LogP contribution in [0.4, 0.5) is 4.79 Å². The molecule has 2 N–H and O–H groups in total. The van der Waals surface area contributed by atoms with Gasteiger partial charge in [-0.1, -0.05) is 30.3 Å². The number of fused-ring (bicyclic) bond motifs is 1. The molecule has 1 atom stereocenters. The standard InChI is InChI=1S/C19H23NO5/c1-19(2,3)25-18(23)20-15(17(21)22)11-14-13-8-6-5-7-12(13)9-10-16(14)24-4/h5-10,15H,11H2,1-4H3,(H,20,23)(H,21,22). The number of aliphatic carboxylic acids is 1. The van der Waals surface area contributed by atoms with E-state index in [1.54, 1.807) is 26.8 Å². The SMILES string of the molecule is COc1ccc2ccccc2c1CC(NC(=O)OC(C)(C)C)C(=O)O. The van der Waals surface area contributed by atoms with Crippen LogP contribution in [0.5, 0.6) is 5.75 Å². The summed E-state index contributed by atoms with van der Waals surface area (Å²) in [6.07, 6.45) is -0.682. The molecule has 25 heavy (non-hydrogen) atoms. The minimum Gasteiger partial charge on any atom is -0.496 e. The number of alkyl carbamates (subject to hydrolysis) is 1. The Morgan fingerprint density at radius 3 is 2.44 bits per heavy atom. The highest BCUT2D eigenvalue weighted by molar-refractivity contribution is 5.89. The Balaban J connectivity index is 2.32. The van der Waals surface area contributed by atoms with E-state index in [2.05, 4.69) is 5.32 Å². The smallest absolute Gasteiger partial charge is 0.408 e. The van der Waals surface area contributed by atoms with Crippen molar-refractivity contribution in [2.75, 3.05) is 7.11 Å². The number of carboxylic acids is 1. The fourth-order valence-electron chi connectivity index (χ4n) is 2.57. The predicted molar refractivity (Wildman–Crippen MR) is 95.0 cm³/mol. The average molecular weight is 345 g/mol. The van der Waals surface area contributed by atoms with Gasteiger partial charge in [-0.15, -0.1) is 0 Å². The number of benzene rings is 2. The summed E-state index contributed by atoms with van der Waals surface area (Å²) in [4.78, 5) is 23.6. The zero-order valence-corrected chi connectivity index (χ0v) is 14.8. The van der Waals surface area contributed by atoms with Crippen molar-refractivity contribution in [3.8, 4) is 5.75 Å². The molecule has 0 bridgehead atoms. The van der Waals surface area contributed by atoms with Gasteiger partial charge in [0.05, 0.1) is 7.11 Å². The van der Waals surface area contributed by atoms with Crippen LogP contribution in [0, 0.1) is 0 Å². The lowest BCUT2D eigenvalue weighted by Crippen LogP contribution is -2.44. The topological polar surface area (TPSA) is 84.9 Å². The van der Waals surface area contributed by atoms with Gasteiger partial charge in [0.15, 0.2) is 0 Å². The summed E-state index contributed by atoms with van der Waals surface area (Å²) in [5.74, 6) is -0.559. The van der Waals surface area contributed by atoms with Gasteiger partial charge in [0.1, 0.15) is 17.4 Å². The van der Waals surface area contributed by atoms with Crippen molar-refractivity contribution in [1.82, 2.24) is 5.32 Å². The number of hydrogen-bond acceptors (Lipinski definition) is 4. The molecule has 1 amide bonds. The number of rotatable bonds is 5. The monoisotopic (exact) mass is 345 g/mol. The number of carboxylic acid groups (broad SMARTS) is 1. The molecule has 2 rings (SSSR count). The van der Waals surface area contributed by atoms with E-state index >= 15 is 0 Å². The van der Waals surface area contributed by atoms with Crippen molar-refractivity contribution < 1.29 is 24.2 Å². The summed E-state index contributed by atoms with van der Waals surface area (Å²) in [6.45, 7) is 5.16. The fourth-order valence-corrected chi connectivity index (χ4v) is 2.57. The van der Waals surface area contributed by atoms with Gasteiger partial charge in [0.25, 0.3) is 0 Å². The predicted octanol–water partition coefficient (Wildman–Crippen LogP) is 3.37. The number of methoxy groups -OCH3 is 1. The molecular formula is C19H23NO5. The Hall–Kier alpha value is -2.76. The van der Waals surface area contributed by atoms with Crippen LogP contribution < -0.4 is 10.1 Å². The zero-order valence-electron chi connectivity index (χ0n) is 14.8. The van der Waals surface area contributed by atoms with Crippen LogP contribution in [0.15, 0.2) is 36.4 Å². The second-order valence-electron chi connectivity index (χ2n) is 6.71. The van der Waals surface area contributed by atoms with E-state index in [1.807, 2.05) is 30.3 Å². The number of amides is 1. The third kappa shape index (κ3) is 4.86. The number of ether oxygens (including phenoxy) is 2. The highest BCUT2D eigenvalue weighted by Gasteiger charge is 2.26. The van der Waals surface area contributed by atoms with Crippen LogP contribution in [-0.4, -0.2) is 35.9 Å². The fraction of sp³-hybridized carbons (Fsp3) is 0.368. The molecular weight excluding hydrogens is 322 g/mol. The van der Waals surface area contributed by atoms with Crippen LogP contribution in [0.1, 0.15) is 26.3 Å². The first kappa shape index (κ1) is 18.6. The first-order valence-electron chi connectivity index (χ1n) is 7.98. The zero-order chi connectivity index (χ0) is 18.6. The van der Waals surface area contributed by atoms with E-state index in [0.29, 0.717) is 5.75 Å². The van der Waals surface area contributed by atoms with Gasteiger partial charge >= 0.3 is 12.1 Å². The quantitative estimate of drug-likeness (QED) is 0.868. The molecule has 0 spiro atoms. The van der Waals surface area contributed by atoms with Crippen LogP contribution in [0.2, 0.25) is 0 Å². The first-order chi connectivity index (χ1) is 11.7. The third-order valence-electron chi connectivity index (χ3n) is 3.61. The van der Waals surface area contributed by atoms with Gasteiger partial charge in [-0.25, -0.2) is 9.59 Å². The van der Waals surface area contributed by atoms with Crippen molar-refractivity contribution in [3.63, 3.8) is 0 Å². The molecule has 0 saturated heterocycles. The first-order valence-corrected chi connectivity index (χ1v) is 7.98. The lowest BCUT2D eigenvalue weighted by Gasteiger charge is -2.22. The number of carbonyl (C=O) groups is 2. The van der Waals surface area contributed by atoms with Crippen LogP contribution in [-0.2, 0) is 16.0 Å². The molecule has 0 saturated carbocycles. The average Bonchev–Trinajstić information content (AvgIpc) is 2.52. The van der Waals surface area contributed by atoms with Crippen molar-refractivity contribution in [3.05, 3.63) is 42.0 Å². The second-order valence-corrected chi connectivity index (χ2v) is 6.71. The van der Waals surface area contributed by atoms with Crippen LogP contribution in [0.3, 0.4) is 0 Å². The van der Waals surface area contributed by atoms with E-state index in [9.17, 15) is 14.7 Å². The second kappa shape index (κ2) is 7.42. The normalized spacial score (nSPS) is 12.5. The van der Waals surface area contributed by atoms with Gasteiger partial charge in [-0.05, 0) is 37.6 Å². The molecule has 6 heteroatoms. The van der Waals surface area contributed by atoms with E-state index in [4.69, 9.17) is 9.47 Å². The van der Waals surface area contributed by atoms with Gasteiger partial charge < -0.3 is 19.9 Å². The van der Waals surface area contributed by atoms with Gasteiger partial charge in [0.2, 0.25) is 0 Å². The Labute approximate surface area is 146 Å². The van der Waals surface area contributed by atoms with Crippen LogP contribution in [0.25, 0.3) is 10.8 Å². The van der Waals surface area contributed by atoms with E-state index < -0.39 is 23.7 Å². The molecule has 134 valence electrons. The Bertz CT molecular complexity index is 779. The molecule has 1 unspecified atom stereocenters. The van der Waals surface area contributed by atoms with Crippen molar-refractivity contribution in [2.45, 2.75) is 38.8 Å². The summed E-state index contributed by atoms with van der Waals surface area (Å²) in [6, 6.07) is 10.2. The largest absolute Gasteiger partial charge is 0.496 e. The van der Waals surface area contributed by atoms with Crippen molar-refractivity contribution >= 4 is 22.8 Å². The maximum absolute atomic E-state index is 12.0. The summed E-state index contributed by atoms with van der Waals surface area (Å²) in [5, 5.41) is 13.8.